The van der Waals surface area contributed by atoms with Crippen LogP contribution in [0, 0.1) is 6.92 Å². The molecule has 0 atom stereocenters. The first-order chi connectivity index (χ1) is 6.09. The second kappa shape index (κ2) is 4.19. The Labute approximate surface area is 82.3 Å². The number of carbonyl (C=O) groups is 1. The first kappa shape index (κ1) is 9.93. The van der Waals surface area contributed by atoms with Gasteiger partial charge in [-0.25, -0.2) is 0 Å². The third-order valence-corrected chi connectivity index (χ3v) is 1.96. The molecule has 0 amide bonds. The number of hydrogen-bond donors (Lipinski definition) is 0. The van der Waals surface area contributed by atoms with E-state index in [0.29, 0.717) is 10.7 Å². The van der Waals surface area contributed by atoms with Crippen molar-refractivity contribution in [3.05, 3.63) is 28.8 Å². The van der Waals surface area contributed by atoms with Crippen LogP contribution in [0.5, 0.6) is 0 Å². The summed E-state index contributed by atoms with van der Waals surface area (Å²) in [7, 11) is 0. The minimum Gasteiger partial charge on any atom is -0.293 e. The van der Waals surface area contributed by atoms with Gasteiger partial charge in [0.25, 0.3) is 0 Å². The monoisotopic (exact) mass is 195 g/mol. The minimum atomic E-state index is -0.0725. The van der Waals surface area contributed by atoms with Crippen LogP contribution >= 0.6 is 11.6 Å². The van der Waals surface area contributed by atoms with Gasteiger partial charge in [-0.1, -0.05) is 17.7 Å². The summed E-state index contributed by atoms with van der Waals surface area (Å²) in [5, 5.41) is 0.665. The molecule has 0 heterocycles. The van der Waals surface area contributed by atoms with Crippen molar-refractivity contribution in [2.75, 3.05) is 0 Å². The van der Waals surface area contributed by atoms with Crippen LogP contribution in [0.15, 0.2) is 23.2 Å². The number of nitrogens with zero attached hydrogens (tertiary/aromatic N) is 1. The van der Waals surface area contributed by atoms with Gasteiger partial charge in [0.05, 0.1) is 11.9 Å². The minimum absolute atomic E-state index is 0.0725. The molecule has 0 bridgehead atoms. The summed E-state index contributed by atoms with van der Waals surface area (Å²) in [4.78, 5) is 14.5. The Kier molecular flexibility index (Phi) is 3.20. The summed E-state index contributed by atoms with van der Waals surface area (Å²) in [5.41, 5.74) is 1.70. The van der Waals surface area contributed by atoms with E-state index >= 15 is 0 Å². The Bertz CT molecular complexity index is 358. The van der Waals surface area contributed by atoms with E-state index in [0.717, 1.165) is 5.56 Å². The molecule has 0 fully saturated rings. The molecule has 3 heteroatoms. The molecule has 0 aliphatic carbocycles. The molecule has 68 valence electrons. The standard InChI is InChI=1S/C10H10ClNO/c1-7-3-4-9(5-10(7)11)12-6-8(2)13/h3-6H,1-2H3. The van der Waals surface area contributed by atoms with Crippen LogP contribution in [0.4, 0.5) is 5.69 Å². The van der Waals surface area contributed by atoms with E-state index in [1.54, 1.807) is 6.07 Å². The molecule has 0 unspecified atom stereocenters. The molecular weight excluding hydrogens is 186 g/mol. The van der Waals surface area contributed by atoms with Crippen LogP contribution in [-0.2, 0) is 4.79 Å². The van der Waals surface area contributed by atoms with E-state index in [-0.39, 0.29) is 5.78 Å². The number of aryl methyl sites for hydroxylation is 1. The van der Waals surface area contributed by atoms with E-state index in [9.17, 15) is 4.79 Å². The predicted molar refractivity (Wildman–Crippen MR) is 55.0 cm³/mol. The maximum Gasteiger partial charge on any atom is 0.170 e. The van der Waals surface area contributed by atoms with Crippen molar-refractivity contribution >= 4 is 29.3 Å². The normalized spacial score (nSPS) is 10.7. The van der Waals surface area contributed by atoms with Gasteiger partial charge >= 0.3 is 0 Å². The highest BCUT2D eigenvalue weighted by molar-refractivity contribution is 6.31. The Morgan fingerprint density at radius 1 is 1.54 bits per heavy atom. The molecular formula is C10H10ClNO. The van der Waals surface area contributed by atoms with E-state index in [1.807, 2.05) is 19.1 Å². The number of hydrogen-bond acceptors (Lipinski definition) is 2. The van der Waals surface area contributed by atoms with Gasteiger partial charge in [-0.3, -0.25) is 9.79 Å². The molecule has 1 aromatic carbocycles. The van der Waals surface area contributed by atoms with Crippen molar-refractivity contribution < 1.29 is 4.79 Å². The maximum atomic E-state index is 10.6. The van der Waals surface area contributed by atoms with Crippen molar-refractivity contribution in [3.63, 3.8) is 0 Å². The van der Waals surface area contributed by atoms with Gasteiger partial charge in [0, 0.05) is 11.9 Å². The van der Waals surface area contributed by atoms with Crippen molar-refractivity contribution in [2.45, 2.75) is 13.8 Å². The van der Waals surface area contributed by atoms with Crippen LogP contribution < -0.4 is 0 Å². The van der Waals surface area contributed by atoms with Gasteiger partial charge < -0.3 is 0 Å². The smallest absolute Gasteiger partial charge is 0.170 e. The average Bonchev–Trinajstić information content (AvgIpc) is 2.07. The molecule has 0 saturated carbocycles. The molecule has 0 aliphatic rings. The van der Waals surface area contributed by atoms with E-state index < -0.39 is 0 Å². The van der Waals surface area contributed by atoms with Gasteiger partial charge in [0.1, 0.15) is 0 Å². The third-order valence-electron chi connectivity index (χ3n) is 1.55. The fraction of sp³-hybridized carbons (Fsp3) is 0.200. The highest BCUT2D eigenvalue weighted by Crippen LogP contribution is 2.21. The molecule has 0 N–H and O–H groups in total. The number of carbonyl (C=O) groups excluding carboxylic acids is 1. The van der Waals surface area contributed by atoms with Gasteiger partial charge in [-0.15, -0.1) is 0 Å². The Balaban J connectivity index is 2.92. The average molecular weight is 196 g/mol. The summed E-state index contributed by atoms with van der Waals surface area (Å²) in [6, 6.07) is 5.42. The molecule has 1 rings (SSSR count). The molecule has 0 radical (unpaired) electrons. The fourth-order valence-electron chi connectivity index (χ4n) is 0.828. The number of aliphatic imine (C=N–C) groups is 1. The zero-order chi connectivity index (χ0) is 9.84. The Morgan fingerprint density at radius 2 is 2.23 bits per heavy atom. The van der Waals surface area contributed by atoms with Crippen LogP contribution in [0.3, 0.4) is 0 Å². The maximum absolute atomic E-state index is 10.6. The summed E-state index contributed by atoms with van der Waals surface area (Å²) in [6.45, 7) is 3.38. The van der Waals surface area contributed by atoms with Gasteiger partial charge in [-0.05, 0) is 24.6 Å². The Hall–Kier alpha value is -1.15. The van der Waals surface area contributed by atoms with E-state index in [4.69, 9.17) is 11.6 Å². The lowest BCUT2D eigenvalue weighted by molar-refractivity contribution is -0.110. The fourth-order valence-corrected chi connectivity index (χ4v) is 1.00. The zero-order valence-electron chi connectivity index (χ0n) is 7.54. The molecule has 13 heavy (non-hydrogen) atoms. The van der Waals surface area contributed by atoms with Gasteiger partial charge in [-0.2, -0.15) is 0 Å². The second-order valence-electron chi connectivity index (χ2n) is 2.80. The lowest BCUT2D eigenvalue weighted by atomic mass is 10.2. The molecule has 0 saturated heterocycles. The van der Waals surface area contributed by atoms with Crippen LogP contribution in [0.25, 0.3) is 0 Å². The first-order valence-corrected chi connectivity index (χ1v) is 4.28. The van der Waals surface area contributed by atoms with Gasteiger partial charge in [0.15, 0.2) is 5.78 Å². The second-order valence-corrected chi connectivity index (χ2v) is 3.21. The molecule has 1 aromatic rings. The lowest BCUT2D eigenvalue weighted by Crippen LogP contribution is -1.88. The van der Waals surface area contributed by atoms with Crippen LogP contribution in [0.2, 0.25) is 5.02 Å². The number of rotatable bonds is 2. The van der Waals surface area contributed by atoms with Crippen molar-refractivity contribution in [3.8, 4) is 0 Å². The van der Waals surface area contributed by atoms with Crippen LogP contribution in [-0.4, -0.2) is 12.0 Å². The molecule has 0 aliphatic heterocycles. The number of benzene rings is 1. The SMILES string of the molecule is CC(=O)C=Nc1ccc(C)c(Cl)c1. The molecule has 2 nitrogen and oxygen atoms in total. The third kappa shape index (κ3) is 2.99. The zero-order valence-corrected chi connectivity index (χ0v) is 8.30. The molecule has 0 aromatic heterocycles. The predicted octanol–water partition coefficient (Wildman–Crippen LogP) is 2.94. The topological polar surface area (TPSA) is 29.4 Å². The van der Waals surface area contributed by atoms with Gasteiger partial charge in [0.2, 0.25) is 0 Å². The van der Waals surface area contributed by atoms with Crippen molar-refractivity contribution in [2.24, 2.45) is 4.99 Å². The van der Waals surface area contributed by atoms with Crippen molar-refractivity contribution in [1.82, 2.24) is 0 Å². The van der Waals surface area contributed by atoms with Crippen molar-refractivity contribution in [1.29, 1.82) is 0 Å². The summed E-state index contributed by atoms with van der Waals surface area (Å²) < 4.78 is 0. The number of ketones is 1. The summed E-state index contributed by atoms with van der Waals surface area (Å²) in [5.74, 6) is -0.0725. The van der Waals surface area contributed by atoms with E-state index in [1.165, 1.54) is 13.1 Å². The number of Topliss-reactive ketones (excluding diaryl/α,β-unsaturated/α-hetero) is 1. The highest BCUT2D eigenvalue weighted by atomic mass is 35.5. The lowest BCUT2D eigenvalue weighted by Gasteiger charge is -1.97. The first-order valence-electron chi connectivity index (χ1n) is 3.90. The molecule has 0 spiro atoms. The highest BCUT2D eigenvalue weighted by Gasteiger charge is 1.95. The van der Waals surface area contributed by atoms with Crippen LogP contribution in [0.1, 0.15) is 12.5 Å². The Morgan fingerprint density at radius 3 is 2.77 bits per heavy atom. The number of halogens is 1. The summed E-state index contributed by atoms with van der Waals surface area (Å²) in [6.07, 6.45) is 1.28. The largest absolute Gasteiger partial charge is 0.293 e. The van der Waals surface area contributed by atoms with E-state index in [2.05, 4.69) is 4.99 Å². The quantitative estimate of drug-likeness (QED) is 0.668. The summed E-state index contributed by atoms with van der Waals surface area (Å²) >= 11 is 5.87.